The first-order valence-electron chi connectivity index (χ1n) is 6.55. The molecule has 0 aliphatic heterocycles. The first-order valence-corrected chi connectivity index (χ1v) is 8.86. The molecule has 0 saturated carbocycles. The summed E-state index contributed by atoms with van der Waals surface area (Å²) < 4.78 is 34.1. The second-order valence-electron chi connectivity index (χ2n) is 4.67. The first-order chi connectivity index (χ1) is 9.29. The summed E-state index contributed by atoms with van der Waals surface area (Å²) >= 11 is 0. The Kier molecular flexibility index (Phi) is 6.30. The molecule has 0 atom stereocenters. The maximum atomic E-state index is 11.5. The van der Waals surface area contributed by atoms with Gasteiger partial charge in [-0.2, -0.15) is 0 Å². The lowest BCUT2D eigenvalue weighted by Gasteiger charge is -2.16. The molecule has 6 heteroatoms. The van der Waals surface area contributed by atoms with Crippen molar-refractivity contribution < 1.29 is 17.9 Å². The van der Waals surface area contributed by atoms with Crippen LogP contribution in [0.5, 0.6) is 5.75 Å². The molecule has 0 bridgehead atoms. The van der Waals surface area contributed by atoms with Crippen molar-refractivity contribution in [1.29, 1.82) is 0 Å². The van der Waals surface area contributed by atoms with E-state index in [2.05, 4.69) is 0 Å². The van der Waals surface area contributed by atoms with Crippen LogP contribution in [0, 0.1) is 20.8 Å². The van der Waals surface area contributed by atoms with E-state index in [0.717, 1.165) is 17.5 Å². The highest BCUT2D eigenvalue weighted by molar-refractivity contribution is 8.13. The van der Waals surface area contributed by atoms with Crippen LogP contribution in [-0.2, 0) is 13.8 Å². The van der Waals surface area contributed by atoms with E-state index in [1.165, 1.54) is 0 Å². The molecule has 0 spiro atoms. The second kappa shape index (κ2) is 7.29. The van der Waals surface area contributed by atoms with Gasteiger partial charge in [0, 0.05) is 17.3 Å². The average Bonchev–Trinajstić information content (AvgIpc) is 2.35. The minimum atomic E-state index is -3.74. The molecule has 0 amide bonds. The summed E-state index contributed by atoms with van der Waals surface area (Å²) in [5.41, 5.74) is 2.16. The Labute approximate surface area is 125 Å². The summed E-state index contributed by atoms with van der Waals surface area (Å²) in [5.74, 6) is 0.701. The average molecular weight is 321 g/mol. The van der Waals surface area contributed by atoms with Crippen LogP contribution < -0.4 is 4.74 Å². The van der Waals surface area contributed by atoms with Gasteiger partial charge in [-0.15, -0.1) is 0 Å². The number of hydrogen-bond acceptors (Lipinski definition) is 4. The SMILES string of the molecule is CCCOCCOc1c(C)cc(S(=O)(=O)Cl)c(C)c1C. The van der Waals surface area contributed by atoms with E-state index in [1.807, 2.05) is 13.8 Å². The molecule has 0 radical (unpaired) electrons. The highest BCUT2D eigenvalue weighted by atomic mass is 35.7. The van der Waals surface area contributed by atoms with Gasteiger partial charge in [0.05, 0.1) is 11.5 Å². The lowest BCUT2D eigenvalue weighted by Crippen LogP contribution is -2.10. The van der Waals surface area contributed by atoms with Crippen LogP contribution >= 0.6 is 10.7 Å². The molecule has 0 aromatic heterocycles. The summed E-state index contributed by atoms with van der Waals surface area (Å²) in [6.45, 7) is 9.07. The first kappa shape index (κ1) is 17.3. The quantitative estimate of drug-likeness (QED) is 0.571. The van der Waals surface area contributed by atoms with Crippen molar-refractivity contribution in [2.24, 2.45) is 0 Å². The van der Waals surface area contributed by atoms with E-state index in [9.17, 15) is 8.42 Å². The van der Waals surface area contributed by atoms with Crippen molar-refractivity contribution in [3.8, 4) is 5.75 Å². The molecule has 0 heterocycles. The highest BCUT2D eigenvalue weighted by Crippen LogP contribution is 2.32. The molecule has 1 aromatic carbocycles. The Morgan fingerprint density at radius 1 is 1.10 bits per heavy atom. The molecular formula is C14H21ClO4S. The smallest absolute Gasteiger partial charge is 0.261 e. The summed E-state index contributed by atoms with van der Waals surface area (Å²) in [7, 11) is 1.70. The Morgan fingerprint density at radius 2 is 1.75 bits per heavy atom. The van der Waals surface area contributed by atoms with Crippen LogP contribution in [0.3, 0.4) is 0 Å². The van der Waals surface area contributed by atoms with Crippen LogP contribution in [0.25, 0.3) is 0 Å². The molecule has 0 aliphatic carbocycles. The maximum Gasteiger partial charge on any atom is 0.261 e. The molecule has 0 saturated heterocycles. The van der Waals surface area contributed by atoms with Crippen molar-refractivity contribution in [3.05, 3.63) is 22.8 Å². The minimum Gasteiger partial charge on any atom is -0.491 e. The van der Waals surface area contributed by atoms with E-state index in [1.54, 1.807) is 19.9 Å². The van der Waals surface area contributed by atoms with Gasteiger partial charge in [-0.1, -0.05) is 6.92 Å². The fourth-order valence-electron chi connectivity index (χ4n) is 1.95. The molecule has 1 aromatic rings. The lowest BCUT2D eigenvalue weighted by molar-refractivity contribution is 0.100. The van der Waals surface area contributed by atoms with Crippen molar-refractivity contribution in [2.45, 2.75) is 39.0 Å². The fourth-order valence-corrected chi connectivity index (χ4v) is 3.26. The molecule has 114 valence electrons. The van der Waals surface area contributed by atoms with Crippen molar-refractivity contribution in [2.75, 3.05) is 19.8 Å². The van der Waals surface area contributed by atoms with Crippen molar-refractivity contribution in [3.63, 3.8) is 0 Å². The third kappa shape index (κ3) is 4.36. The normalized spacial score (nSPS) is 11.7. The van der Waals surface area contributed by atoms with Gasteiger partial charge in [-0.05, 0) is 49.9 Å². The lowest BCUT2D eigenvalue weighted by atomic mass is 10.1. The molecule has 4 nitrogen and oxygen atoms in total. The van der Waals surface area contributed by atoms with Gasteiger partial charge in [0.15, 0.2) is 0 Å². The zero-order valence-electron chi connectivity index (χ0n) is 12.3. The Hall–Kier alpha value is -0.780. The summed E-state index contributed by atoms with van der Waals surface area (Å²) in [6, 6.07) is 1.55. The summed E-state index contributed by atoms with van der Waals surface area (Å²) in [6.07, 6.45) is 0.972. The number of hydrogen-bond donors (Lipinski definition) is 0. The van der Waals surface area contributed by atoms with Gasteiger partial charge in [0.1, 0.15) is 12.4 Å². The topological polar surface area (TPSA) is 52.6 Å². The van der Waals surface area contributed by atoms with Crippen LogP contribution in [0.4, 0.5) is 0 Å². The van der Waals surface area contributed by atoms with E-state index >= 15 is 0 Å². The highest BCUT2D eigenvalue weighted by Gasteiger charge is 2.19. The third-order valence-corrected chi connectivity index (χ3v) is 4.51. The standard InChI is InChI=1S/C14H21ClO4S/c1-5-6-18-7-8-19-14-10(2)9-13(20(15,16)17)11(3)12(14)4/h9H,5-8H2,1-4H3. The molecule has 0 aliphatic rings. The van der Waals surface area contributed by atoms with E-state index in [-0.39, 0.29) is 4.90 Å². The van der Waals surface area contributed by atoms with Gasteiger partial charge in [-0.25, -0.2) is 8.42 Å². The van der Waals surface area contributed by atoms with Gasteiger partial charge in [-0.3, -0.25) is 0 Å². The number of benzene rings is 1. The van der Waals surface area contributed by atoms with Crippen molar-refractivity contribution >= 4 is 19.7 Å². The molecule has 0 unspecified atom stereocenters. The molecular weight excluding hydrogens is 300 g/mol. The fraction of sp³-hybridized carbons (Fsp3) is 0.571. The van der Waals surface area contributed by atoms with E-state index in [4.69, 9.17) is 20.2 Å². The second-order valence-corrected chi connectivity index (χ2v) is 7.20. The van der Waals surface area contributed by atoms with Crippen LogP contribution in [-0.4, -0.2) is 28.2 Å². The van der Waals surface area contributed by atoms with Crippen LogP contribution in [0.1, 0.15) is 30.0 Å². The molecule has 1 rings (SSSR count). The zero-order valence-corrected chi connectivity index (χ0v) is 13.9. The number of ether oxygens (including phenoxy) is 2. The van der Waals surface area contributed by atoms with E-state index in [0.29, 0.717) is 31.1 Å². The molecule has 0 fully saturated rings. The molecule has 20 heavy (non-hydrogen) atoms. The van der Waals surface area contributed by atoms with Gasteiger partial charge < -0.3 is 9.47 Å². The predicted molar refractivity (Wildman–Crippen MR) is 80.3 cm³/mol. The van der Waals surface area contributed by atoms with Gasteiger partial charge in [0.25, 0.3) is 9.05 Å². The Balaban J connectivity index is 2.92. The largest absolute Gasteiger partial charge is 0.491 e. The van der Waals surface area contributed by atoms with E-state index < -0.39 is 9.05 Å². The van der Waals surface area contributed by atoms with Gasteiger partial charge >= 0.3 is 0 Å². The zero-order chi connectivity index (χ0) is 15.3. The maximum absolute atomic E-state index is 11.5. The van der Waals surface area contributed by atoms with Crippen LogP contribution in [0.15, 0.2) is 11.0 Å². The third-order valence-electron chi connectivity index (χ3n) is 3.06. The molecule has 0 N–H and O–H groups in total. The summed E-state index contributed by atoms with van der Waals surface area (Å²) in [4.78, 5) is 0.142. The van der Waals surface area contributed by atoms with Crippen LogP contribution in [0.2, 0.25) is 0 Å². The number of aryl methyl sites for hydroxylation is 1. The van der Waals surface area contributed by atoms with Crippen molar-refractivity contribution in [1.82, 2.24) is 0 Å². The number of halogens is 1. The van der Waals surface area contributed by atoms with Gasteiger partial charge in [0.2, 0.25) is 0 Å². The monoisotopic (exact) mass is 320 g/mol. The minimum absolute atomic E-state index is 0.142. The Morgan fingerprint density at radius 3 is 2.30 bits per heavy atom. The summed E-state index contributed by atoms with van der Waals surface area (Å²) in [5, 5.41) is 0. The Bertz CT molecular complexity index is 567. The predicted octanol–water partition coefficient (Wildman–Crippen LogP) is 3.34. The number of rotatable bonds is 7.